The van der Waals surface area contributed by atoms with Gasteiger partial charge in [-0.05, 0) is 31.0 Å². The highest BCUT2D eigenvalue weighted by atomic mass is 32.1. The third-order valence-electron chi connectivity index (χ3n) is 4.91. The Kier molecular flexibility index (Phi) is 5.40. The maximum absolute atomic E-state index is 11.7. The Morgan fingerprint density at radius 2 is 2.04 bits per heavy atom. The van der Waals surface area contributed by atoms with E-state index in [1.807, 2.05) is 18.2 Å². The van der Waals surface area contributed by atoms with E-state index < -0.39 is 0 Å². The molecule has 146 valence electrons. The molecule has 4 N–H and O–H groups in total. The number of benzene rings is 1. The number of rotatable bonds is 5. The van der Waals surface area contributed by atoms with E-state index in [4.69, 9.17) is 10.5 Å². The second kappa shape index (κ2) is 8.12. The molecule has 1 aromatic carbocycles. The molecule has 8 heteroatoms. The van der Waals surface area contributed by atoms with Crippen molar-refractivity contribution < 1.29 is 9.53 Å². The Morgan fingerprint density at radius 1 is 1.21 bits per heavy atom. The highest BCUT2D eigenvalue weighted by Gasteiger charge is 2.22. The maximum atomic E-state index is 11.7. The Labute approximate surface area is 167 Å². The summed E-state index contributed by atoms with van der Waals surface area (Å²) < 4.78 is 6.95. The number of nitrogens with two attached hydrogens (primary N) is 1. The fourth-order valence-corrected chi connectivity index (χ4v) is 4.35. The molecule has 1 amide bonds. The number of hydrogen-bond donors (Lipinski definition) is 3. The first-order valence-electron chi connectivity index (χ1n) is 9.41. The second-order valence-corrected chi connectivity index (χ2v) is 7.94. The van der Waals surface area contributed by atoms with Gasteiger partial charge in [0.15, 0.2) is 5.13 Å². The van der Waals surface area contributed by atoms with Gasteiger partial charge in [0.25, 0.3) is 5.91 Å². The van der Waals surface area contributed by atoms with E-state index in [9.17, 15) is 4.79 Å². The van der Waals surface area contributed by atoms with Gasteiger partial charge in [-0.25, -0.2) is 4.98 Å². The number of carbonyl (C=O) groups is 1. The highest BCUT2D eigenvalue weighted by Crippen LogP contribution is 2.32. The number of nitrogens with one attached hydrogen (secondary N) is 2. The van der Waals surface area contributed by atoms with E-state index in [1.54, 1.807) is 36.7 Å². The van der Waals surface area contributed by atoms with E-state index in [0.717, 1.165) is 28.2 Å². The van der Waals surface area contributed by atoms with Crippen LogP contribution in [0.1, 0.15) is 36.2 Å². The number of ether oxygens (including phenoxy) is 1. The number of pyridine rings is 1. The van der Waals surface area contributed by atoms with Crippen molar-refractivity contribution in [3.8, 4) is 11.5 Å². The van der Waals surface area contributed by atoms with Gasteiger partial charge >= 0.3 is 0 Å². The number of aromatic nitrogens is 2. The zero-order chi connectivity index (χ0) is 19.5. The van der Waals surface area contributed by atoms with Gasteiger partial charge in [0.05, 0.1) is 10.2 Å². The number of anilines is 1. The molecule has 2 heterocycles. The van der Waals surface area contributed by atoms with Gasteiger partial charge in [0.2, 0.25) is 0 Å². The molecule has 1 fully saturated rings. The smallest absolute Gasteiger partial charge is 0.269 e. The average molecular weight is 398 g/mol. The summed E-state index contributed by atoms with van der Waals surface area (Å²) in [5.74, 6) is 0.995. The summed E-state index contributed by atoms with van der Waals surface area (Å²) in [6.45, 7) is 0. The number of nitrogens with zero attached hydrogens (tertiary/aromatic N) is 2. The van der Waals surface area contributed by atoms with Crippen LogP contribution in [0.3, 0.4) is 0 Å². The SMILES string of the molecule is CNC(=O)c1cc(Oc2ccc3nc(N[C@H]4CCCC[C@H]4N)sc3c2)ccn1. The Bertz CT molecular complexity index is 990. The molecule has 3 aromatic rings. The van der Waals surface area contributed by atoms with Crippen molar-refractivity contribution in [2.24, 2.45) is 5.73 Å². The quantitative estimate of drug-likeness (QED) is 0.609. The molecular weight excluding hydrogens is 374 g/mol. The largest absolute Gasteiger partial charge is 0.457 e. The summed E-state index contributed by atoms with van der Waals surface area (Å²) >= 11 is 1.60. The fourth-order valence-electron chi connectivity index (χ4n) is 3.39. The molecule has 1 aliphatic rings. The number of amides is 1. The van der Waals surface area contributed by atoms with Crippen LogP contribution in [0.4, 0.5) is 5.13 Å². The van der Waals surface area contributed by atoms with Crippen molar-refractivity contribution in [2.75, 3.05) is 12.4 Å². The monoisotopic (exact) mass is 397 g/mol. The fraction of sp³-hybridized carbons (Fsp3) is 0.350. The topological polar surface area (TPSA) is 102 Å². The van der Waals surface area contributed by atoms with Gasteiger partial charge < -0.3 is 21.1 Å². The molecule has 0 saturated heterocycles. The summed E-state index contributed by atoms with van der Waals surface area (Å²) in [5, 5.41) is 6.95. The van der Waals surface area contributed by atoms with Gasteiger partial charge in [0.1, 0.15) is 17.2 Å². The lowest BCUT2D eigenvalue weighted by atomic mass is 9.91. The van der Waals surface area contributed by atoms with Crippen LogP contribution in [0.15, 0.2) is 36.5 Å². The number of hydrogen-bond acceptors (Lipinski definition) is 7. The zero-order valence-corrected chi connectivity index (χ0v) is 16.5. The molecular formula is C20H23N5O2S. The second-order valence-electron chi connectivity index (χ2n) is 6.91. The zero-order valence-electron chi connectivity index (χ0n) is 15.6. The van der Waals surface area contributed by atoms with Crippen LogP contribution < -0.4 is 21.1 Å². The summed E-state index contributed by atoms with van der Waals surface area (Å²) in [7, 11) is 1.57. The van der Waals surface area contributed by atoms with E-state index in [1.165, 1.54) is 12.8 Å². The Morgan fingerprint density at radius 3 is 2.86 bits per heavy atom. The van der Waals surface area contributed by atoms with Crippen LogP contribution in [-0.4, -0.2) is 35.0 Å². The summed E-state index contributed by atoms with van der Waals surface area (Å²) in [6.07, 6.45) is 6.11. The minimum absolute atomic E-state index is 0.181. The van der Waals surface area contributed by atoms with Crippen molar-refractivity contribution in [1.82, 2.24) is 15.3 Å². The van der Waals surface area contributed by atoms with Gasteiger partial charge in [-0.2, -0.15) is 0 Å². The number of carbonyl (C=O) groups excluding carboxylic acids is 1. The molecule has 0 spiro atoms. The van der Waals surface area contributed by atoms with E-state index in [-0.39, 0.29) is 18.0 Å². The van der Waals surface area contributed by atoms with Crippen molar-refractivity contribution in [2.45, 2.75) is 37.8 Å². The van der Waals surface area contributed by atoms with Crippen LogP contribution in [-0.2, 0) is 0 Å². The lowest BCUT2D eigenvalue weighted by Gasteiger charge is -2.28. The first-order valence-corrected chi connectivity index (χ1v) is 10.2. The molecule has 28 heavy (non-hydrogen) atoms. The molecule has 1 aliphatic carbocycles. The Balaban J connectivity index is 1.51. The Hall–Kier alpha value is -2.71. The molecule has 0 unspecified atom stereocenters. The standard InChI is InChI=1S/C20H23N5O2S/c1-22-19(26)17-10-13(8-9-23-17)27-12-6-7-16-18(11-12)28-20(25-16)24-15-5-3-2-4-14(15)21/h6-11,14-15H,2-5,21H2,1H3,(H,22,26)(H,24,25)/t14-,15+/m1/s1. The van der Waals surface area contributed by atoms with E-state index in [2.05, 4.69) is 20.6 Å². The average Bonchev–Trinajstić information content (AvgIpc) is 3.11. The molecule has 0 radical (unpaired) electrons. The van der Waals surface area contributed by atoms with Gasteiger partial charge in [0, 0.05) is 37.5 Å². The number of thiazole rings is 1. The highest BCUT2D eigenvalue weighted by molar-refractivity contribution is 7.22. The first kappa shape index (κ1) is 18.6. The van der Waals surface area contributed by atoms with E-state index in [0.29, 0.717) is 17.2 Å². The lowest BCUT2D eigenvalue weighted by Crippen LogP contribution is -2.42. The predicted molar refractivity (Wildman–Crippen MR) is 111 cm³/mol. The van der Waals surface area contributed by atoms with Crippen molar-refractivity contribution in [1.29, 1.82) is 0 Å². The molecule has 2 aromatic heterocycles. The molecule has 0 bridgehead atoms. The third kappa shape index (κ3) is 4.07. The normalized spacial score (nSPS) is 19.4. The summed E-state index contributed by atoms with van der Waals surface area (Å²) in [5.41, 5.74) is 7.47. The molecule has 2 atom stereocenters. The maximum Gasteiger partial charge on any atom is 0.269 e. The van der Waals surface area contributed by atoms with Crippen LogP contribution in [0.25, 0.3) is 10.2 Å². The molecule has 7 nitrogen and oxygen atoms in total. The summed E-state index contributed by atoms with van der Waals surface area (Å²) in [6, 6.07) is 9.57. The van der Waals surface area contributed by atoms with Crippen LogP contribution in [0.5, 0.6) is 11.5 Å². The minimum Gasteiger partial charge on any atom is -0.457 e. The predicted octanol–water partition coefficient (Wildman–Crippen LogP) is 3.53. The first-order chi connectivity index (χ1) is 13.6. The van der Waals surface area contributed by atoms with Crippen LogP contribution >= 0.6 is 11.3 Å². The molecule has 1 saturated carbocycles. The van der Waals surface area contributed by atoms with Crippen LogP contribution in [0, 0.1) is 0 Å². The van der Waals surface area contributed by atoms with Crippen molar-refractivity contribution in [3.63, 3.8) is 0 Å². The van der Waals surface area contributed by atoms with Gasteiger partial charge in [-0.15, -0.1) is 0 Å². The summed E-state index contributed by atoms with van der Waals surface area (Å²) in [4.78, 5) is 20.4. The van der Waals surface area contributed by atoms with Gasteiger partial charge in [-0.3, -0.25) is 9.78 Å². The molecule has 0 aliphatic heterocycles. The molecule has 4 rings (SSSR count). The van der Waals surface area contributed by atoms with Crippen molar-refractivity contribution in [3.05, 3.63) is 42.2 Å². The minimum atomic E-state index is -0.250. The van der Waals surface area contributed by atoms with Crippen molar-refractivity contribution >= 4 is 32.6 Å². The third-order valence-corrected chi connectivity index (χ3v) is 5.86. The lowest BCUT2D eigenvalue weighted by molar-refractivity contribution is 0.0958. The van der Waals surface area contributed by atoms with Crippen LogP contribution in [0.2, 0.25) is 0 Å². The number of fused-ring (bicyclic) bond motifs is 1. The van der Waals surface area contributed by atoms with Gasteiger partial charge in [-0.1, -0.05) is 24.2 Å². The van der Waals surface area contributed by atoms with E-state index >= 15 is 0 Å².